The average molecular weight is 306 g/mol. The molecule has 2 amide bonds. The lowest BCUT2D eigenvalue weighted by Crippen LogP contribution is -2.50. The highest BCUT2D eigenvalue weighted by molar-refractivity contribution is 8.06. The molecule has 0 aromatic carbocycles. The van der Waals surface area contributed by atoms with Crippen LogP contribution in [0.4, 0.5) is 4.79 Å². The number of carbonyl (C=O) groups excluding carboxylic acids is 1. The third-order valence-corrected chi connectivity index (χ3v) is 5.99. The van der Waals surface area contributed by atoms with Gasteiger partial charge in [-0.2, -0.15) is 23.5 Å². The van der Waals surface area contributed by atoms with Gasteiger partial charge in [0.2, 0.25) is 0 Å². The lowest BCUT2D eigenvalue weighted by Gasteiger charge is -2.23. The highest BCUT2D eigenvalue weighted by Gasteiger charge is 2.25. The van der Waals surface area contributed by atoms with Crippen LogP contribution < -0.4 is 10.6 Å². The lowest BCUT2D eigenvalue weighted by molar-refractivity contribution is -0.140. The maximum atomic E-state index is 11.7. The molecule has 0 aromatic rings. The van der Waals surface area contributed by atoms with E-state index in [1.165, 1.54) is 5.75 Å². The lowest BCUT2D eigenvalue weighted by atomic mass is 9.99. The largest absolute Gasteiger partial charge is 0.480 e. The number of hydrogen-bond acceptors (Lipinski definition) is 4. The molecule has 0 spiro atoms. The number of urea groups is 1. The number of aliphatic carboxylic acids is 1. The minimum Gasteiger partial charge on any atom is -0.480 e. The molecule has 0 aliphatic carbocycles. The molecule has 0 aromatic heterocycles. The van der Waals surface area contributed by atoms with Crippen molar-refractivity contribution < 1.29 is 14.7 Å². The summed E-state index contributed by atoms with van der Waals surface area (Å²) >= 11 is 3.76. The van der Waals surface area contributed by atoms with Gasteiger partial charge in [-0.15, -0.1) is 0 Å². The summed E-state index contributed by atoms with van der Waals surface area (Å²) in [5.41, 5.74) is 0. The van der Waals surface area contributed by atoms with Crippen molar-refractivity contribution in [1.29, 1.82) is 0 Å². The Hall–Kier alpha value is -0.560. The van der Waals surface area contributed by atoms with E-state index in [0.29, 0.717) is 18.2 Å². The molecular weight excluding hydrogens is 284 g/mol. The zero-order valence-electron chi connectivity index (χ0n) is 11.3. The Morgan fingerprint density at radius 3 is 2.68 bits per heavy atom. The van der Waals surface area contributed by atoms with Crippen LogP contribution in [0.5, 0.6) is 0 Å². The van der Waals surface area contributed by atoms with E-state index < -0.39 is 12.0 Å². The summed E-state index contributed by atoms with van der Waals surface area (Å²) < 4.78 is 0. The first-order valence-corrected chi connectivity index (χ1v) is 8.71. The maximum absolute atomic E-state index is 11.7. The SMILES string of the molecule is CC[C@H](C)[C@H](NC(=O)NCC1CSCCS1)C(=O)O. The molecule has 3 atom stereocenters. The molecule has 1 fully saturated rings. The highest BCUT2D eigenvalue weighted by atomic mass is 32.2. The predicted octanol–water partition coefficient (Wildman–Crippen LogP) is 1.63. The molecule has 0 radical (unpaired) electrons. The van der Waals surface area contributed by atoms with Crippen molar-refractivity contribution in [3.05, 3.63) is 0 Å². The second kappa shape index (κ2) is 8.58. The molecule has 1 aliphatic heterocycles. The molecule has 1 aliphatic rings. The summed E-state index contributed by atoms with van der Waals surface area (Å²) in [5, 5.41) is 14.8. The van der Waals surface area contributed by atoms with Crippen molar-refractivity contribution >= 4 is 35.5 Å². The van der Waals surface area contributed by atoms with Crippen molar-refractivity contribution in [1.82, 2.24) is 10.6 Å². The van der Waals surface area contributed by atoms with Crippen molar-refractivity contribution in [3.63, 3.8) is 0 Å². The van der Waals surface area contributed by atoms with E-state index in [2.05, 4.69) is 10.6 Å². The van der Waals surface area contributed by atoms with Gasteiger partial charge in [0.1, 0.15) is 6.04 Å². The van der Waals surface area contributed by atoms with Crippen LogP contribution in [-0.4, -0.2) is 52.2 Å². The van der Waals surface area contributed by atoms with Gasteiger partial charge < -0.3 is 15.7 Å². The molecule has 1 unspecified atom stereocenters. The zero-order chi connectivity index (χ0) is 14.3. The van der Waals surface area contributed by atoms with E-state index in [9.17, 15) is 9.59 Å². The van der Waals surface area contributed by atoms with Crippen molar-refractivity contribution in [2.24, 2.45) is 5.92 Å². The number of thioether (sulfide) groups is 2. The zero-order valence-corrected chi connectivity index (χ0v) is 13.0. The second-order valence-electron chi connectivity index (χ2n) is 4.62. The van der Waals surface area contributed by atoms with Crippen LogP contribution in [0.2, 0.25) is 0 Å². The van der Waals surface area contributed by atoms with Crippen LogP contribution >= 0.6 is 23.5 Å². The van der Waals surface area contributed by atoms with Gasteiger partial charge in [-0.1, -0.05) is 20.3 Å². The summed E-state index contributed by atoms with van der Waals surface area (Å²) in [6.07, 6.45) is 0.715. The topological polar surface area (TPSA) is 78.4 Å². The summed E-state index contributed by atoms with van der Waals surface area (Å²) in [4.78, 5) is 22.8. The fraction of sp³-hybridized carbons (Fsp3) is 0.833. The fourth-order valence-corrected chi connectivity index (χ4v) is 4.35. The van der Waals surface area contributed by atoms with Gasteiger partial charge in [-0.25, -0.2) is 9.59 Å². The van der Waals surface area contributed by atoms with E-state index in [-0.39, 0.29) is 11.9 Å². The molecular formula is C12H22N2O3S2. The predicted molar refractivity (Wildman–Crippen MR) is 81.0 cm³/mol. The minimum atomic E-state index is -0.980. The van der Waals surface area contributed by atoms with Gasteiger partial charge in [0.15, 0.2) is 0 Å². The summed E-state index contributed by atoms with van der Waals surface area (Å²) in [6, 6.07) is -1.21. The van der Waals surface area contributed by atoms with Crippen molar-refractivity contribution in [2.75, 3.05) is 23.8 Å². The Balaban J connectivity index is 2.33. The van der Waals surface area contributed by atoms with Gasteiger partial charge in [-0.3, -0.25) is 0 Å². The molecule has 0 bridgehead atoms. The molecule has 19 heavy (non-hydrogen) atoms. The first kappa shape index (κ1) is 16.5. The smallest absolute Gasteiger partial charge is 0.326 e. The molecule has 7 heteroatoms. The number of rotatable bonds is 6. The van der Waals surface area contributed by atoms with Crippen LogP contribution in [0.3, 0.4) is 0 Å². The normalized spacial score (nSPS) is 22.3. The molecule has 1 saturated heterocycles. The molecule has 1 heterocycles. The van der Waals surface area contributed by atoms with Crippen LogP contribution in [-0.2, 0) is 4.79 Å². The van der Waals surface area contributed by atoms with E-state index in [1.807, 2.05) is 37.4 Å². The van der Waals surface area contributed by atoms with E-state index in [4.69, 9.17) is 5.11 Å². The van der Waals surface area contributed by atoms with E-state index in [1.54, 1.807) is 0 Å². The molecule has 1 rings (SSSR count). The number of amides is 2. The van der Waals surface area contributed by atoms with Crippen molar-refractivity contribution in [2.45, 2.75) is 31.6 Å². The van der Waals surface area contributed by atoms with Gasteiger partial charge in [0, 0.05) is 29.1 Å². The van der Waals surface area contributed by atoms with Gasteiger partial charge in [0.05, 0.1) is 0 Å². The third kappa shape index (κ3) is 5.95. The third-order valence-electron chi connectivity index (χ3n) is 3.14. The van der Waals surface area contributed by atoms with Gasteiger partial charge in [-0.05, 0) is 5.92 Å². The fourth-order valence-electron chi connectivity index (χ4n) is 1.74. The van der Waals surface area contributed by atoms with Crippen LogP contribution in [0.25, 0.3) is 0 Å². The average Bonchev–Trinajstić information content (AvgIpc) is 2.42. The van der Waals surface area contributed by atoms with Crippen LogP contribution in [0.15, 0.2) is 0 Å². The quantitative estimate of drug-likeness (QED) is 0.695. The standard InChI is InChI=1S/C12H22N2O3S2/c1-3-8(2)10(11(15)16)14-12(17)13-6-9-7-18-4-5-19-9/h8-10H,3-7H2,1-2H3,(H,15,16)(H2,13,14,17)/t8-,9?,10-/m0/s1. The Bertz CT molecular complexity index is 309. The highest BCUT2D eigenvalue weighted by Crippen LogP contribution is 2.23. The Morgan fingerprint density at radius 1 is 1.42 bits per heavy atom. The molecule has 3 N–H and O–H groups in total. The number of nitrogens with one attached hydrogen (secondary N) is 2. The van der Waals surface area contributed by atoms with E-state index >= 15 is 0 Å². The number of carboxylic acids is 1. The summed E-state index contributed by atoms with van der Waals surface area (Å²) in [5.74, 6) is 2.26. The summed E-state index contributed by atoms with van der Waals surface area (Å²) in [6.45, 7) is 4.33. The van der Waals surface area contributed by atoms with Gasteiger partial charge in [0.25, 0.3) is 0 Å². The Labute approximate surface area is 122 Å². The summed E-state index contributed by atoms with van der Waals surface area (Å²) in [7, 11) is 0. The van der Waals surface area contributed by atoms with Crippen LogP contribution in [0, 0.1) is 5.92 Å². The Morgan fingerprint density at radius 2 is 2.16 bits per heavy atom. The maximum Gasteiger partial charge on any atom is 0.326 e. The van der Waals surface area contributed by atoms with E-state index in [0.717, 1.165) is 11.5 Å². The number of hydrogen-bond donors (Lipinski definition) is 3. The Kier molecular flexibility index (Phi) is 7.45. The number of carboxylic acid groups (broad SMARTS) is 1. The first-order valence-electron chi connectivity index (χ1n) is 6.51. The molecule has 0 saturated carbocycles. The first-order chi connectivity index (χ1) is 9.04. The van der Waals surface area contributed by atoms with Gasteiger partial charge >= 0.3 is 12.0 Å². The number of carbonyl (C=O) groups is 2. The van der Waals surface area contributed by atoms with Crippen molar-refractivity contribution in [3.8, 4) is 0 Å². The monoisotopic (exact) mass is 306 g/mol. The minimum absolute atomic E-state index is 0.0807. The molecule has 5 nitrogen and oxygen atoms in total. The second-order valence-corrected chi connectivity index (χ2v) is 7.18. The van der Waals surface area contributed by atoms with Crippen LogP contribution in [0.1, 0.15) is 20.3 Å². The molecule has 110 valence electrons.